The van der Waals surface area contributed by atoms with Crippen molar-refractivity contribution in [1.82, 2.24) is 4.98 Å². The zero-order valence-corrected chi connectivity index (χ0v) is 17.6. The molecule has 0 aromatic carbocycles. The summed E-state index contributed by atoms with van der Waals surface area (Å²) in [6, 6.07) is 4.14. The Balaban J connectivity index is 0.00000208. The molecule has 2 aromatic heterocycles. The van der Waals surface area contributed by atoms with E-state index in [2.05, 4.69) is 60.0 Å². The first-order valence-corrected chi connectivity index (χ1v) is 9.41. The quantitative estimate of drug-likeness (QED) is 0.375. The van der Waals surface area contributed by atoms with Gasteiger partial charge in [-0.2, -0.15) is 5.10 Å². The van der Waals surface area contributed by atoms with Crippen LogP contribution in [0.5, 0.6) is 0 Å². The van der Waals surface area contributed by atoms with Crippen LogP contribution >= 0.6 is 55.6 Å². The van der Waals surface area contributed by atoms with Crippen molar-refractivity contribution in [1.29, 1.82) is 0 Å². The molecule has 0 fully saturated rings. The Morgan fingerprint density at radius 1 is 1.33 bits per heavy atom. The van der Waals surface area contributed by atoms with Gasteiger partial charge in [0.1, 0.15) is 0 Å². The Bertz CT molecular complexity index is 814. The molecule has 2 heterocycles. The molecule has 5 nitrogen and oxygen atoms in total. The van der Waals surface area contributed by atoms with Gasteiger partial charge in [-0.15, -0.1) is 28.8 Å². The van der Waals surface area contributed by atoms with Crippen molar-refractivity contribution < 1.29 is 0 Å². The van der Waals surface area contributed by atoms with E-state index in [4.69, 9.17) is 11.5 Å². The zero-order valence-electron chi connectivity index (χ0n) is 12.8. The van der Waals surface area contributed by atoms with Crippen LogP contribution in [0.25, 0.3) is 0 Å². The van der Waals surface area contributed by atoms with Crippen LogP contribution in [-0.4, -0.2) is 16.7 Å². The number of thiophene rings is 1. The van der Waals surface area contributed by atoms with E-state index in [1.807, 2.05) is 12.3 Å². The third kappa shape index (κ3) is 3.99. The molecule has 2 aromatic rings. The van der Waals surface area contributed by atoms with Crippen molar-refractivity contribution in [3.63, 3.8) is 0 Å². The van der Waals surface area contributed by atoms with Crippen LogP contribution in [0.1, 0.15) is 34.7 Å². The Hall–Kier alpha value is -0.960. The molecule has 0 radical (unpaired) electrons. The van der Waals surface area contributed by atoms with E-state index in [1.54, 1.807) is 11.3 Å². The first-order chi connectivity index (χ1) is 11.0. The van der Waals surface area contributed by atoms with Gasteiger partial charge in [-0.05, 0) is 80.8 Å². The smallest absolute Gasteiger partial charge is 0.211 e. The average molecular weight is 494 g/mol. The van der Waals surface area contributed by atoms with Crippen LogP contribution in [0.4, 0.5) is 0 Å². The molecule has 1 aliphatic carbocycles. The molecule has 4 N–H and O–H groups in total. The van der Waals surface area contributed by atoms with Gasteiger partial charge in [0, 0.05) is 11.8 Å². The molecule has 24 heavy (non-hydrogen) atoms. The van der Waals surface area contributed by atoms with Crippen LogP contribution in [0.2, 0.25) is 0 Å². The fraction of sp³-hybridized carbons (Fsp3) is 0.267. The Labute approximate surface area is 167 Å². The van der Waals surface area contributed by atoms with Gasteiger partial charge < -0.3 is 11.5 Å². The van der Waals surface area contributed by atoms with Gasteiger partial charge in [0.05, 0.1) is 19.0 Å². The van der Waals surface area contributed by atoms with Crippen molar-refractivity contribution >= 4 is 67.3 Å². The van der Waals surface area contributed by atoms with Gasteiger partial charge in [-0.3, -0.25) is 4.98 Å². The molecule has 128 valence electrons. The van der Waals surface area contributed by atoms with Crippen molar-refractivity contribution in [2.45, 2.75) is 25.7 Å². The standard InChI is InChI=1S/C15H15Br2N5S.ClH/c1-7-2-3-20-10-4-8(9-6-12(16)23-14(9)17)5-11(13(7)10)21-22-15(18)19;/h2-3,6,8H,4-5H2,1H3,(H4,18,19,22);1H. The number of pyridine rings is 1. The number of fused-ring (bicyclic) bond motifs is 1. The highest BCUT2D eigenvalue weighted by molar-refractivity contribution is 9.12. The SMILES string of the molecule is Cc1ccnc2c1C(=NN=C(N)N)CC(c1cc(Br)sc1Br)C2.Cl. The third-order valence-corrected chi connectivity index (χ3v) is 6.20. The van der Waals surface area contributed by atoms with Crippen molar-refractivity contribution in [3.05, 3.63) is 48.3 Å². The number of hydrogen-bond donors (Lipinski definition) is 2. The molecule has 1 atom stereocenters. The fourth-order valence-electron chi connectivity index (χ4n) is 2.86. The molecule has 0 amide bonds. The van der Waals surface area contributed by atoms with Crippen molar-refractivity contribution in [2.24, 2.45) is 21.7 Å². The maximum atomic E-state index is 5.43. The predicted molar refractivity (Wildman–Crippen MR) is 109 cm³/mol. The van der Waals surface area contributed by atoms with E-state index < -0.39 is 0 Å². The normalized spacial score (nSPS) is 18.0. The highest BCUT2D eigenvalue weighted by Gasteiger charge is 2.29. The molecular weight excluding hydrogens is 478 g/mol. The highest BCUT2D eigenvalue weighted by atomic mass is 79.9. The van der Waals surface area contributed by atoms with Crippen LogP contribution < -0.4 is 11.5 Å². The minimum atomic E-state index is -0.0397. The van der Waals surface area contributed by atoms with E-state index in [0.717, 1.165) is 42.9 Å². The molecule has 0 spiro atoms. The fourth-order valence-corrected chi connectivity index (χ4v) is 5.91. The summed E-state index contributed by atoms with van der Waals surface area (Å²) in [6.45, 7) is 2.06. The Morgan fingerprint density at radius 3 is 2.71 bits per heavy atom. The summed E-state index contributed by atoms with van der Waals surface area (Å²) < 4.78 is 2.23. The summed E-state index contributed by atoms with van der Waals surface area (Å²) in [4.78, 5) is 4.55. The number of aryl methyl sites for hydroxylation is 1. The first-order valence-electron chi connectivity index (χ1n) is 7.00. The molecule has 3 rings (SSSR count). The number of halogens is 3. The second kappa shape index (κ2) is 7.95. The number of nitrogens with zero attached hydrogens (tertiary/aromatic N) is 3. The van der Waals surface area contributed by atoms with E-state index in [1.165, 1.54) is 5.56 Å². The predicted octanol–water partition coefficient (Wildman–Crippen LogP) is 4.11. The lowest BCUT2D eigenvalue weighted by Crippen LogP contribution is -2.24. The lowest BCUT2D eigenvalue weighted by Gasteiger charge is -2.26. The number of aromatic nitrogens is 1. The largest absolute Gasteiger partial charge is 0.369 e. The molecule has 0 bridgehead atoms. The summed E-state index contributed by atoms with van der Waals surface area (Å²) in [5.41, 5.74) is 16.3. The summed E-state index contributed by atoms with van der Waals surface area (Å²) in [5, 5.41) is 8.15. The molecule has 1 unspecified atom stereocenters. The number of nitrogens with two attached hydrogens (primary N) is 2. The second-order valence-electron chi connectivity index (χ2n) is 5.41. The van der Waals surface area contributed by atoms with E-state index in [0.29, 0.717) is 5.92 Å². The second-order valence-corrected chi connectivity index (χ2v) is 9.16. The average Bonchev–Trinajstić information content (AvgIpc) is 2.83. The lowest BCUT2D eigenvalue weighted by molar-refractivity contribution is 0.677. The van der Waals surface area contributed by atoms with Crippen molar-refractivity contribution in [2.75, 3.05) is 0 Å². The molecule has 0 saturated carbocycles. The Kier molecular flexibility index (Phi) is 6.41. The number of hydrogen-bond acceptors (Lipinski definition) is 4. The highest BCUT2D eigenvalue weighted by Crippen LogP contribution is 2.41. The number of rotatable bonds is 2. The van der Waals surface area contributed by atoms with Crippen molar-refractivity contribution in [3.8, 4) is 0 Å². The minimum absolute atomic E-state index is 0. The summed E-state index contributed by atoms with van der Waals surface area (Å²) in [5.74, 6) is 0.254. The van der Waals surface area contributed by atoms with Gasteiger partial charge in [0.15, 0.2) is 0 Å². The summed E-state index contributed by atoms with van der Waals surface area (Å²) in [6.07, 6.45) is 3.49. The monoisotopic (exact) mass is 491 g/mol. The molecule has 9 heteroatoms. The number of guanidine groups is 1. The Morgan fingerprint density at radius 2 is 2.08 bits per heavy atom. The van der Waals surface area contributed by atoms with Gasteiger partial charge in [0.2, 0.25) is 5.96 Å². The first kappa shape index (κ1) is 19.4. The maximum Gasteiger partial charge on any atom is 0.211 e. The molecule has 0 aliphatic heterocycles. The van der Waals surface area contributed by atoms with Crippen LogP contribution in [0.3, 0.4) is 0 Å². The zero-order chi connectivity index (χ0) is 16.6. The lowest BCUT2D eigenvalue weighted by atomic mass is 9.81. The van der Waals surface area contributed by atoms with Gasteiger partial charge >= 0.3 is 0 Å². The van der Waals surface area contributed by atoms with Crippen LogP contribution in [0.15, 0.2) is 36.1 Å². The van der Waals surface area contributed by atoms with E-state index in [9.17, 15) is 0 Å². The van der Waals surface area contributed by atoms with Gasteiger partial charge in [-0.1, -0.05) is 0 Å². The molecular formula is C15H16Br2ClN5S. The van der Waals surface area contributed by atoms with Crippen LogP contribution in [0, 0.1) is 6.92 Å². The van der Waals surface area contributed by atoms with Crippen LogP contribution in [-0.2, 0) is 6.42 Å². The summed E-state index contributed by atoms with van der Waals surface area (Å²) in [7, 11) is 0. The van der Waals surface area contributed by atoms with E-state index >= 15 is 0 Å². The third-order valence-electron chi connectivity index (χ3n) is 3.81. The molecule has 0 saturated heterocycles. The topological polar surface area (TPSA) is 89.6 Å². The maximum absolute atomic E-state index is 5.43. The van der Waals surface area contributed by atoms with E-state index in [-0.39, 0.29) is 18.4 Å². The summed E-state index contributed by atoms with van der Waals surface area (Å²) >= 11 is 8.87. The minimum Gasteiger partial charge on any atom is -0.369 e. The molecule has 1 aliphatic rings. The van der Waals surface area contributed by atoms with Gasteiger partial charge in [0.25, 0.3) is 0 Å². The van der Waals surface area contributed by atoms with Gasteiger partial charge in [-0.25, -0.2) is 0 Å².